The Kier molecular flexibility index (Phi) is 4.18. The molecule has 0 spiro atoms. The molecule has 3 aromatic rings. The van der Waals surface area contributed by atoms with E-state index in [2.05, 4.69) is 25.7 Å². The Labute approximate surface area is 166 Å². The molecule has 2 unspecified atom stereocenters. The molecule has 5 rings (SSSR count). The summed E-state index contributed by atoms with van der Waals surface area (Å²) in [6.07, 6.45) is 12.4. The van der Waals surface area contributed by atoms with Crippen molar-refractivity contribution in [1.29, 1.82) is 0 Å². The second-order valence-corrected chi connectivity index (χ2v) is 6.87. The van der Waals surface area contributed by atoms with Crippen molar-refractivity contribution < 1.29 is 9.90 Å². The zero-order valence-corrected chi connectivity index (χ0v) is 15.4. The van der Waals surface area contributed by atoms with Gasteiger partial charge >= 0.3 is 0 Å². The summed E-state index contributed by atoms with van der Waals surface area (Å²) >= 11 is 0. The Morgan fingerprint density at radius 1 is 1.31 bits per heavy atom. The van der Waals surface area contributed by atoms with Crippen LogP contribution in [0.1, 0.15) is 15.9 Å². The highest BCUT2D eigenvalue weighted by Gasteiger charge is 2.30. The number of nitrogens with zero attached hydrogens (tertiary/aromatic N) is 4. The van der Waals surface area contributed by atoms with Crippen molar-refractivity contribution >= 4 is 28.4 Å². The van der Waals surface area contributed by atoms with Crippen LogP contribution in [0.25, 0.3) is 11.1 Å². The zero-order chi connectivity index (χ0) is 19.8. The van der Waals surface area contributed by atoms with Gasteiger partial charge in [-0.2, -0.15) is 5.10 Å². The van der Waals surface area contributed by atoms with Gasteiger partial charge in [0, 0.05) is 24.5 Å². The molecule has 2 aliphatic heterocycles. The molecule has 144 valence electrons. The van der Waals surface area contributed by atoms with Crippen LogP contribution in [0.3, 0.4) is 0 Å². The van der Waals surface area contributed by atoms with Gasteiger partial charge in [-0.1, -0.05) is 6.08 Å². The standard InChI is InChI=1S/C21H18N6O2/c28-12-15-3-4-16-17(10-23-20(16)25-15)13-5-7-27-19(8-13)18(11-24-27)21(29)26-14-2-1-6-22-9-14/h1-11,16,20,23,28H,12H2,(H,26,29). The van der Waals surface area contributed by atoms with E-state index in [9.17, 15) is 9.90 Å². The molecule has 8 heteroatoms. The third kappa shape index (κ3) is 3.09. The number of hydrogen-bond acceptors (Lipinski definition) is 6. The van der Waals surface area contributed by atoms with Crippen molar-refractivity contribution in [1.82, 2.24) is 19.9 Å². The van der Waals surface area contributed by atoms with Crippen LogP contribution in [0.4, 0.5) is 5.69 Å². The lowest BCUT2D eigenvalue weighted by Gasteiger charge is -2.20. The maximum atomic E-state index is 12.7. The molecule has 5 heterocycles. The first-order valence-electron chi connectivity index (χ1n) is 9.24. The molecule has 1 amide bonds. The van der Waals surface area contributed by atoms with Crippen LogP contribution in [-0.4, -0.2) is 44.1 Å². The van der Waals surface area contributed by atoms with E-state index < -0.39 is 0 Å². The van der Waals surface area contributed by atoms with E-state index in [1.165, 1.54) is 0 Å². The monoisotopic (exact) mass is 386 g/mol. The Morgan fingerprint density at radius 3 is 3.07 bits per heavy atom. The van der Waals surface area contributed by atoms with Crippen LogP contribution in [0.15, 0.2) is 72.4 Å². The van der Waals surface area contributed by atoms with Crippen LogP contribution >= 0.6 is 0 Å². The SMILES string of the molecule is O=C(Nc1cccnc1)c1cnn2ccc(C3=CNC4N=C(CO)C=CC34)cc12. The zero-order valence-electron chi connectivity index (χ0n) is 15.4. The van der Waals surface area contributed by atoms with Crippen LogP contribution in [0.2, 0.25) is 0 Å². The molecule has 3 N–H and O–H groups in total. The van der Waals surface area contributed by atoms with Gasteiger partial charge in [0.05, 0.1) is 41.5 Å². The number of carbonyl (C=O) groups excluding carboxylic acids is 1. The van der Waals surface area contributed by atoms with E-state index >= 15 is 0 Å². The van der Waals surface area contributed by atoms with E-state index in [0.717, 1.165) is 11.1 Å². The molecule has 0 radical (unpaired) electrons. The molecule has 8 nitrogen and oxygen atoms in total. The molecule has 2 atom stereocenters. The fourth-order valence-corrected chi connectivity index (χ4v) is 3.65. The minimum atomic E-state index is -0.240. The number of amides is 1. The number of rotatable bonds is 4. The number of pyridine rings is 2. The summed E-state index contributed by atoms with van der Waals surface area (Å²) in [5, 5.41) is 19.7. The number of carbonyl (C=O) groups is 1. The lowest BCUT2D eigenvalue weighted by atomic mass is 9.91. The summed E-state index contributed by atoms with van der Waals surface area (Å²) in [6, 6.07) is 7.48. The van der Waals surface area contributed by atoms with Gasteiger partial charge in [0.1, 0.15) is 6.17 Å². The summed E-state index contributed by atoms with van der Waals surface area (Å²) in [5.74, 6) is -0.167. The molecule has 29 heavy (non-hydrogen) atoms. The average Bonchev–Trinajstić information content (AvgIpc) is 3.37. The van der Waals surface area contributed by atoms with Gasteiger partial charge in [0.15, 0.2) is 0 Å². The topological polar surface area (TPSA) is 104 Å². The van der Waals surface area contributed by atoms with Gasteiger partial charge in [0.25, 0.3) is 5.91 Å². The molecule has 2 aliphatic rings. The molecule has 0 aromatic carbocycles. The number of nitrogens with one attached hydrogen (secondary N) is 2. The van der Waals surface area contributed by atoms with Crippen molar-refractivity contribution in [3.05, 3.63) is 78.5 Å². The maximum Gasteiger partial charge on any atom is 0.259 e. The Bertz CT molecular complexity index is 1180. The third-order valence-corrected chi connectivity index (χ3v) is 5.09. The molecule has 0 saturated carbocycles. The maximum absolute atomic E-state index is 12.7. The predicted octanol–water partition coefficient (Wildman–Crippen LogP) is 1.87. The number of fused-ring (bicyclic) bond motifs is 2. The van der Waals surface area contributed by atoms with Crippen molar-refractivity contribution in [2.75, 3.05) is 11.9 Å². The first-order chi connectivity index (χ1) is 14.2. The number of aromatic nitrogens is 3. The Morgan fingerprint density at radius 2 is 2.24 bits per heavy atom. The van der Waals surface area contributed by atoms with Crippen LogP contribution in [0, 0.1) is 5.92 Å². The Balaban J connectivity index is 1.45. The summed E-state index contributed by atoms with van der Waals surface area (Å²) in [4.78, 5) is 21.3. The highest BCUT2D eigenvalue weighted by Crippen LogP contribution is 2.34. The van der Waals surface area contributed by atoms with Gasteiger partial charge in [-0.25, -0.2) is 4.52 Å². The second-order valence-electron chi connectivity index (χ2n) is 6.87. The molecule has 3 aromatic heterocycles. The molecular weight excluding hydrogens is 368 g/mol. The minimum absolute atomic E-state index is 0.0725. The average molecular weight is 386 g/mol. The van der Waals surface area contributed by atoms with Gasteiger partial charge in [-0.15, -0.1) is 0 Å². The molecular formula is C21H18N6O2. The van der Waals surface area contributed by atoms with Gasteiger partial charge in [-0.3, -0.25) is 14.8 Å². The molecule has 0 saturated heterocycles. The van der Waals surface area contributed by atoms with Crippen molar-refractivity contribution in [2.45, 2.75) is 6.17 Å². The minimum Gasteiger partial charge on any atom is -0.390 e. The van der Waals surface area contributed by atoms with Crippen molar-refractivity contribution in [2.24, 2.45) is 10.9 Å². The lowest BCUT2D eigenvalue weighted by molar-refractivity contribution is 0.102. The van der Waals surface area contributed by atoms with E-state index in [-0.39, 0.29) is 24.6 Å². The first kappa shape index (κ1) is 17.3. The van der Waals surface area contributed by atoms with Crippen molar-refractivity contribution in [3.63, 3.8) is 0 Å². The lowest BCUT2D eigenvalue weighted by Crippen LogP contribution is -2.28. The third-order valence-electron chi connectivity index (χ3n) is 5.09. The largest absolute Gasteiger partial charge is 0.390 e. The fourth-order valence-electron chi connectivity index (χ4n) is 3.65. The van der Waals surface area contributed by atoms with Gasteiger partial charge in [0.2, 0.25) is 0 Å². The van der Waals surface area contributed by atoms with Crippen LogP contribution in [0.5, 0.6) is 0 Å². The smallest absolute Gasteiger partial charge is 0.259 e. The van der Waals surface area contributed by atoms with E-state index in [1.54, 1.807) is 35.2 Å². The molecule has 0 aliphatic carbocycles. The predicted molar refractivity (Wildman–Crippen MR) is 109 cm³/mol. The second kappa shape index (κ2) is 6.99. The summed E-state index contributed by atoms with van der Waals surface area (Å²) in [7, 11) is 0. The highest BCUT2D eigenvalue weighted by atomic mass is 16.3. The van der Waals surface area contributed by atoms with Crippen molar-refractivity contribution in [3.8, 4) is 0 Å². The van der Waals surface area contributed by atoms with E-state index in [4.69, 9.17) is 0 Å². The fraction of sp³-hybridized carbons (Fsp3) is 0.143. The normalized spacial score (nSPS) is 20.0. The molecule has 0 bridgehead atoms. The van der Waals surface area contributed by atoms with Crippen LogP contribution in [-0.2, 0) is 0 Å². The number of aliphatic imine (C=N–C) groups is 1. The Hall–Kier alpha value is -3.78. The van der Waals surface area contributed by atoms with E-state index in [1.807, 2.05) is 36.7 Å². The number of dihydropyridines is 1. The highest BCUT2D eigenvalue weighted by molar-refractivity contribution is 6.09. The number of aliphatic hydroxyl groups is 1. The summed E-state index contributed by atoms with van der Waals surface area (Å²) in [5.41, 5.74) is 4.55. The number of hydrogen-bond donors (Lipinski definition) is 3. The van der Waals surface area contributed by atoms with E-state index in [0.29, 0.717) is 22.5 Å². The number of anilines is 1. The quantitative estimate of drug-likeness (QED) is 0.635. The summed E-state index contributed by atoms with van der Waals surface area (Å²) in [6.45, 7) is -0.0755. The van der Waals surface area contributed by atoms with Gasteiger partial charge in [-0.05, 0) is 41.5 Å². The van der Waals surface area contributed by atoms with Crippen LogP contribution < -0.4 is 10.6 Å². The summed E-state index contributed by atoms with van der Waals surface area (Å²) < 4.78 is 1.68. The molecule has 0 fully saturated rings. The number of aliphatic hydroxyl groups excluding tert-OH is 1. The first-order valence-corrected chi connectivity index (χ1v) is 9.24. The van der Waals surface area contributed by atoms with Gasteiger partial charge < -0.3 is 15.7 Å².